The van der Waals surface area contributed by atoms with Gasteiger partial charge in [-0.2, -0.15) is 0 Å². The normalized spacial score (nSPS) is 11.1. The van der Waals surface area contributed by atoms with Crippen LogP contribution in [0, 0.1) is 0 Å². The number of pyridine rings is 2. The molecule has 5 rings (SSSR count). The van der Waals surface area contributed by atoms with E-state index in [1.807, 2.05) is 30.3 Å². The summed E-state index contributed by atoms with van der Waals surface area (Å²) in [6.45, 7) is 0.879. The van der Waals surface area contributed by atoms with Gasteiger partial charge in [-0.1, -0.05) is 29.8 Å². The first-order valence-electron chi connectivity index (χ1n) is 10.8. The Morgan fingerprint density at radius 3 is 2.74 bits per heavy atom. The number of nitrogens with one attached hydrogen (secondary N) is 1. The molecule has 0 aliphatic heterocycles. The van der Waals surface area contributed by atoms with Crippen LogP contribution in [0.25, 0.3) is 31.4 Å². The van der Waals surface area contributed by atoms with Gasteiger partial charge < -0.3 is 15.8 Å². The summed E-state index contributed by atoms with van der Waals surface area (Å²) in [5, 5.41) is 5.43. The Kier molecular flexibility index (Phi) is 6.29. The largest absolute Gasteiger partial charge is 0.493 e. The van der Waals surface area contributed by atoms with Crippen molar-refractivity contribution < 1.29 is 9.53 Å². The number of amides is 1. The second kappa shape index (κ2) is 9.67. The Balaban J connectivity index is 1.36. The highest BCUT2D eigenvalue weighted by atomic mass is 35.5. The van der Waals surface area contributed by atoms with E-state index in [0.717, 1.165) is 21.7 Å². The predicted octanol–water partition coefficient (Wildman–Crippen LogP) is 5.95. The molecule has 1 amide bonds. The van der Waals surface area contributed by atoms with E-state index < -0.39 is 0 Å². The number of nitrogens with two attached hydrogens (primary N) is 1. The minimum absolute atomic E-state index is 0.188. The first-order valence-corrected chi connectivity index (χ1v) is 12.0. The molecule has 34 heavy (non-hydrogen) atoms. The molecule has 0 fully saturated rings. The van der Waals surface area contributed by atoms with Crippen LogP contribution in [0.15, 0.2) is 73.1 Å². The second-order valence-corrected chi connectivity index (χ2v) is 9.10. The van der Waals surface area contributed by atoms with Crippen LogP contribution < -0.4 is 15.8 Å². The minimum atomic E-state index is -0.253. The zero-order valence-electron chi connectivity index (χ0n) is 18.1. The van der Waals surface area contributed by atoms with E-state index in [1.165, 1.54) is 15.5 Å². The van der Waals surface area contributed by atoms with Crippen molar-refractivity contribution in [1.82, 2.24) is 15.3 Å². The zero-order valence-corrected chi connectivity index (χ0v) is 19.7. The van der Waals surface area contributed by atoms with Crippen molar-refractivity contribution in [3.63, 3.8) is 0 Å². The number of benzene rings is 2. The summed E-state index contributed by atoms with van der Waals surface area (Å²) in [6.07, 6.45) is 3.83. The summed E-state index contributed by atoms with van der Waals surface area (Å²) < 4.78 is 8.51. The molecule has 0 aliphatic rings. The third-order valence-electron chi connectivity index (χ3n) is 5.42. The van der Waals surface area contributed by atoms with Gasteiger partial charge in [-0.25, -0.2) is 4.98 Å². The number of aromatic nitrogens is 2. The van der Waals surface area contributed by atoms with Crippen LogP contribution in [0.3, 0.4) is 0 Å². The molecule has 8 heteroatoms. The van der Waals surface area contributed by atoms with E-state index in [2.05, 4.69) is 33.5 Å². The maximum atomic E-state index is 12.3. The molecule has 2 aromatic carbocycles. The molecule has 170 valence electrons. The highest BCUT2D eigenvalue weighted by Crippen LogP contribution is 2.44. The van der Waals surface area contributed by atoms with E-state index in [4.69, 9.17) is 22.1 Å². The minimum Gasteiger partial charge on any atom is -0.493 e. The number of nitrogen functional groups attached to an aromatic ring is 1. The van der Waals surface area contributed by atoms with Gasteiger partial charge in [-0.15, -0.1) is 11.3 Å². The van der Waals surface area contributed by atoms with Gasteiger partial charge in [-0.3, -0.25) is 9.78 Å². The maximum absolute atomic E-state index is 12.3. The van der Waals surface area contributed by atoms with Crippen molar-refractivity contribution in [3.8, 4) is 17.0 Å². The standard InChI is InChI=1S/C26H21ClN4O2S/c27-25-19(6-3-12-29-25)26(32)30-13-4-14-33-21-11-9-18-17-5-1-2-7-22(17)34-24(18)23(21)20-10-8-16(28)15-31-20/h1-3,5-12,15H,4,13-14,28H2,(H,30,32). The molecule has 0 bridgehead atoms. The molecule has 3 aromatic heterocycles. The quantitative estimate of drug-likeness (QED) is 0.218. The molecule has 6 nitrogen and oxygen atoms in total. The average Bonchev–Trinajstić information content (AvgIpc) is 3.23. The van der Waals surface area contributed by atoms with Gasteiger partial charge in [0.25, 0.3) is 5.91 Å². The number of rotatable bonds is 7. The number of ether oxygens (including phenoxy) is 1. The number of anilines is 1. The molecule has 3 N–H and O–H groups in total. The first-order chi connectivity index (χ1) is 16.6. The molecule has 3 heterocycles. The Bertz CT molecular complexity index is 1480. The first kappa shape index (κ1) is 22.1. The van der Waals surface area contributed by atoms with Crippen molar-refractivity contribution >= 4 is 54.7 Å². The fraction of sp³-hybridized carbons (Fsp3) is 0.115. The third kappa shape index (κ3) is 4.40. The molecular formula is C26H21ClN4O2S. The fourth-order valence-electron chi connectivity index (χ4n) is 3.79. The molecule has 0 saturated carbocycles. The van der Waals surface area contributed by atoms with Crippen LogP contribution in [0.5, 0.6) is 5.75 Å². The van der Waals surface area contributed by atoms with Crippen molar-refractivity contribution in [2.45, 2.75) is 6.42 Å². The van der Waals surface area contributed by atoms with Crippen LogP contribution in [-0.2, 0) is 0 Å². The Labute approximate surface area is 205 Å². The van der Waals surface area contributed by atoms with Gasteiger partial charge >= 0.3 is 0 Å². The number of fused-ring (bicyclic) bond motifs is 3. The van der Waals surface area contributed by atoms with Crippen LogP contribution in [-0.4, -0.2) is 29.0 Å². The van der Waals surface area contributed by atoms with Crippen molar-refractivity contribution in [3.05, 3.63) is 83.8 Å². The predicted molar refractivity (Wildman–Crippen MR) is 139 cm³/mol. The monoisotopic (exact) mass is 488 g/mol. The van der Waals surface area contributed by atoms with Gasteiger partial charge in [0, 0.05) is 32.9 Å². The molecule has 0 aliphatic carbocycles. The van der Waals surface area contributed by atoms with Crippen LogP contribution in [0.2, 0.25) is 5.15 Å². The van der Waals surface area contributed by atoms with Gasteiger partial charge in [0.1, 0.15) is 10.9 Å². The molecule has 5 aromatic rings. The lowest BCUT2D eigenvalue weighted by molar-refractivity contribution is 0.0951. The lowest BCUT2D eigenvalue weighted by Crippen LogP contribution is -2.26. The number of halogens is 1. The molecular weight excluding hydrogens is 468 g/mol. The SMILES string of the molecule is Nc1ccc(-c2c(OCCCNC(=O)c3cccnc3Cl)ccc3c2sc2ccccc23)nc1. The number of thiophene rings is 1. The maximum Gasteiger partial charge on any atom is 0.254 e. The number of carbonyl (C=O) groups is 1. The summed E-state index contributed by atoms with van der Waals surface area (Å²) in [5.74, 6) is 0.495. The smallest absolute Gasteiger partial charge is 0.254 e. The number of hydrogen-bond acceptors (Lipinski definition) is 6. The van der Waals surface area contributed by atoms with Crippen LogP contribution >= 0.6 is 22.9 Å². The summed E-state index contributed by atoms with van der Waals surface area (Å²) in [5.41, 5.74) is 8.59. The summed E-state index contributed by atoms with van der Waals surface area (Å²) in [6, 6.07) is 19.5. The lowest BCUT2D eigenvalue weighted by Gasteiger charge is -2.13. The van der Waals surface area contributed by atoms with Crippen molar-refractivity contribution in [2.75, 3.05) is 18.9 Å². The van der Waals surface area contributed by atoms with E-state index in [0.29, 0.717) is 30.8 Å². The molecule has 0 unspecified atom stereocenters. The van der Waals surface area contributed by atoms with Gasteiger partial charge in [-0.05, 0) is 48.9 Å². The molecule has 0 radical (unpaired) electrons. The number of hydrogen-bond donors (Lipinski definition) is 2. The number of carbonyl (C=O) groups excluding carboxylic acids is 1. The van der Waals surface area contributed by atoms with Gasteiger partial charge in [0.05, 0.1) is 35.3 Å². The highest BCUT2D eigenvalue weighted by molar-refractivity contribution is 7.26. The van der Waals surface area contributed by atoms with E-state index in [-0.39, 0.29) is 11.1 Å². The fourth-order valence-corrected chi connectivity index (χ4v) is 5.25. The summed E-state index contributed by atoms with van der Waals surface area (Å²) in [7, 11) is 0. The van der Waals surface area contributed by atoms with E-state index in [9.17, 15) is 4.79 Å². The van der Waals surface area contributed by atoms with Gasteiger partial charge in [0.15, 0.2) is 0 Å². The Morgan fingerprint density at radius 2 is 1.91 bits per heavy atom. The second-order valence-electron chi connectivity index (χ2n) is 7.69. The van der Waals surface area contributed by atoms with Gasteiger partial charge in [0.2, 0.25) is 0 Å². The van der Waals surface area contributed by atoms with Crippen LogP contribution in [0.4, 0.5) is 5.69 Å². The van der Waals surface area contributed by atoms with E-state index >= 15 is 0 Å². The lowest BCUT2D eigenvalue weighted by atomic mass is 10.1. The average molecular weight is 489 g/mol. The van der Waals surface area contributed by atoms with Crippen molar-refractivity contribution in [2.24, 2.45) is 0 Å². The van der Waals surface area contributed by atoms with E-state index in [1.54, 1.807) is 35.9 Å². The summed E-state index contributed by atoms with van der Waals surface area (Å²) in [4.78, 5) is 20.8. The zero-order chi connectivity index (χ0) is 23.5. The topological polar surface area (TPSA) is 90.1 Å². The molecule has 0 spiro atoms. The Morgan fingerprint density at radius 1 is 1.03 bits per heavy atom. The highest BCUT2D eigenvalue weighted by Gasteiger charge is 2.17. The molecule has 0 saturated heterocycles. The summed E-state index contributed by atoms with van der Waals surface area (Å²) >= 11 is 7.71. The van der Waals surface area contributed by atoms with Crippen LogP contribution in [0.1, 0.15) is 16.8 Å². The number of nitrogens with zero attached hydrogens (tertiary/aromatic N) is 2. The third-order valence-corrected chi connectivity index (χ3v) is 6.92. The van der Waals surface area contributed by atoms with Crippen molar-refractivity contribution in [1.29, 1.82) is 0 Å². The molecule has 0 atom stereocenters. The Hall–Kier alpha value is -3.68.